The van der Waals surface area contributed by atoms with Gasteiger partial charge in [-0.1, -0.05) is 36.4 Å². The standard InChI is InChI=1S/C21H23NO6S/c1-29(26,27)22(14-7-3-2-4-8-14)12-16-17(23)11-18-20(16)15-9-5-6-13(10-19(24)25)21(15)28-18/h2-9,16-18,20,23H,10-12H2,1H3,(H,24,25). The van der Waals surface area contributed by atoms with Gasteiger partial charge in [0.05, 0.1) is 24.5 Å². The number of sulfonamides is 1. The highest BCUT2D eigenvalue weighted by molar-refractivity contribution is 7.92. The first-order valence-electron chi connectivity index (χ1n) is 9.46. The molecule has 2 aliphatic rings. The fraction of sp³-hybridized carbons (Fsp3) is 0.381. The third-order valence-electron chi connectivity index (χ3n) is 5.75. The van der Waals surface area contributed by atoms with Crippen LogP contribution in [0.4, 0.5) is 5.69 Å². The van der Waals surface area contributed by atoms with E-state index in [1.54, 1.807) is 36.4 Å². The van der Waals surface area contributed by atoms with Crippen molar-refractivity contribution in [2.45, 2.75) is 31.0 Å². The van der Waals surface area contributed by atoms with Gasteiger partial charge in [0.15, 0.2) is 0 Å². The monoisotopic (exact) mass is 417 g/mol. The summed E-state index contributed by atoms with van der Waals surface area (Å²) in [5.74, 6) is -0.937. The second-order valence-electron chi connectivity index (χ2n) is 7.68. The van der Waals surface area contributed by atoms with E-state index >= 15 is 0 Å². The Morgan fingerprint density at radius 2 is 1.90 bits per heavy atom. The molecule has 4 atom stereocenters. The lowest BCUT2D eigenvalue weighted by atomic mass is 9.87. The molecule has 2 aromatic rings. The lowest BCUT2D eigenvalue weighted by Crippen LogP contribution is -2.38. The number of para-hydroxylation sites is 2. The minimum Gasteiger partial charge on any atom is -0.489 e. The Morgan fingerprint density at radius 1 is 1.17 bits per heavy atom. The van der Waals surface area contributed by atoms with E-state index in [4.69, 9.17) is 9.84 Å². The highest BCUT2D eigenvalue weighted by atomic mass is 32.2. The summed E-state index contributed by atoms with van der Waals surface area (Å²) in [5, 5.41) is 19.9. The summed E-state index contributed by atoms with van der Waals surface area (Å²) in [4.78, 5) is 11.2. The van der Waals surface area contributed by atoms with Crippen molar-refractivity contribution in [2.24, 2.45) is 5.92 Å². The molecule has 2 aromatic carbocycles. The molecule has 1 aliphatic heterocycles. The van der Waals surface area contributed by atoms with E-state index in [2.05, 4.69) is 0 Å². The Morgan fingerprint density at radius 3 is 2.55 bits per heavy atom. The van der Waals surface area contributed by atoms with Gasteiger partial charge >= 0.3 is 5.97 Å². The predicted molar refractivity (Wildman–Crippen MR) is 108 cm³/mol. The van der Waals surface area contributed by atoms with Crippen LogP contribution in [0.25, 0.3) is 0 Å². The van der Waals surface area contributed by atoms with E-state index in [1.165, 1.54) is 4.31 Å². The highest BCUT2D eigenvalue weighted by Crippen LogP contribution is 2.51. The molecule has 7 nitrogen and oxygen atoms in total. The van der Waals surface area contributed by atoms with E-state index in [1.807, 2.05) is 12.1 Å². The maximum Gasteiger partial charge on any atom is 0.307 e. The van der Waals surface area contributed by atoms with Crippen LogP contribution in [0.2, 0.25) is 0 Å². The minimum absolute atomic E-state index is 0.122. The SMILES string of the molecule is CS(=O)(=O)N(CC1C(O)CC2Oc3c(CC(=O)O)cccc3C21)c1ccccc1. The predicted octanol–water partition coefficient (Wildman–Crippen LogP) is 2.01. The molecule has 1 fully saturated rings. The van der Waals surface area contributed by atoms with E-state index < -0.39 is 22.1 Å². The number of hydrogen-bond donors (Lipinski definition) is 2. The molecule has 4 rings (SSSR count). The first kappa shape index (κ1) is 19.7. The zero-order valence-corrected chi connectivity index (χ0v) is 16.7. The molecule has 8 heteroatoms. The summed E-state index contributed by atoms with van der Waals surface area (Å²) in [6, 6.07) is 14.2. The number of hydrogen-bond acceptors (Lipinski definition) is 5. The van der Waals surface area contributed by atoms with Crippen LogP contribution in [0, 0.1) is 5.92 Å². The number of carboxylic acid groups (broad SMARTS) is 1. The second-order valence-corrected chi connectivity index (χ2v) is 9.59. The van der Waals surface area contributed by atoms with Crippen LogP contribution < -0.4 is 9.04 Å². The van der Waals surface area contributed by atoms with Gasteiger partial charge in [-0.25, -0.2) is 8.42 Å². The summed E-state index contributed by atoms with van der Waals surface area (Å²) in [6.45, 7) is 0.122. The fourth-order valence-corrected chi connectivity index (χ4v) is 5.49. The number of anilines is 1. The molecule has 154 valence electrons. The average molecular weight is 417 g/mol. The molecular formula is C21H23NO6S. The van der Waals surface area contributed by atoms with Crippen molar-refractivity contribution in [3.05, 3.63) is 59.7 Å². The molecule has 29 heavy (non-hydrogen) atoms. The second kappa shape index (κ2) is 7.35. The number of rotatable bonds is 6. The van der Waals surface area contributed by atoms with Crippen LogP contribution in [0.15, 0.2) is 48.5 Å². The van der Waals surface area contributed by atoms with Gasteiger partial charge in [-0.05, 0) is 12.1 Å². The number of ether oxygens (including phenoxy) is 1. The molecule has 1 heterocycles. The summed E-state index contributed by atoms with van der Waals surface area (Å²) in [6.07, 6.45) is 0.382. The zero-order chi connectivity index (χ0) is 20.8. The first-order chi connectivity index (χ1) is 13.8. The molecule has 0 radical (unpaired) electrons. The fourth-order valence-electron chi connectivity index (χ4n) is 4.54. The quantitative estimate of drug-likeness (QED) is 0.745. The first-order valence-corrected chi connectivity index (χ1v) is 11.3. The topological polar surface area (TPSA) is 104 Å². The van der Waals surface area contributed by atoms with Crippen LogP contribution >= 0.6 is 0 Å². The molecule has 1 aliphatic carbocycles. The van der Waals surface area contributed by atoms with Crippen molar-refractivity contribution in [1.29, 1.82) is 0 Å². The third kappa shape index (κ3) is 3.70. The van der Waals surface area contributed by atoms with E-state index in [0.29, 0.717) is 23.4 Å². The van der Waals surface area contributed by atoms with Crippen molar-refractivity contribution in [1.82, 2.24) is 0 Å². The molecule has 2 N–H and O–H groups in total. The zero-order valence-electron chi connectivity index (χ0n) is 15.9. The van der Waals surface area contributed by atoms with Crippen molar-refractivity contribution < 1.29 is 28.2 Å². The number of aliphatic hydroxyl groups excluding tert-OH is 1. The Bertz CT molecular complexity index is 1020. The van der Waals surface area contributed by atoms with Gasteiger partial charge < -0.3 is 14.9 Å². The van der Waals surface area contributed by atoms with Crippen molar-refractivity contribution in [3.63, 3.8) is 0 Å². The minimum atomic E-state index is -3.56. The number of carboxylic acids is 1. The smallest absolute Gasteiger partial charge is 0.307 e. The largest absolute Gasteiger partial charge is 0.489 e. The lowest BCUT2D eigenvalue weighted by Gasteiger charge is -2.29. The summed E-state index contributed by atoms with van der Waals surface area (Å²) in [5.41, 5.74) is 1.99. The Balaban J connectivity index is 1.69. The number of nitrogens with zero attached hydrogens (tertiary/aromatic N) is 1. The summed E-state index contributed by atoms with van der Waals surface area (Å²) in [7, 11) is -3.56. The van der Waals surface area contributed by atoms with E-state index in [0.717, 1.165) is 11.8 Å². The maximum atomic E-state index is 12.5. The molecule has 0 amide bonds. The highest BCUT2D eigenvalue weighted by Gasteiger charge is 2.51. The summed E-state index contributed by atoms with van der Waals surface area (Å²) < 4.78 is 32.3. The van der Waals surface area contributed by atoms with Crippen LogP contribution in [-0.4, -0.2) is 49.6 Å². The molecule has 4 unspecified atom stereocenters. The van der Waals surface area contributed by atoms with Crippen LogP contribution in [0.5, 0.6) is 5.75 Å². The molecule has 1 saturated carbocycles. The number of aliphatic carboxylic acids is 1. The number of aliphatic hydroxyl groups is 1. The Hall–Kier alpha value is -2.58. The van der Waals surface area contributed by atoms with E-state index in [-0.39, 0.29) is 30.9 Å². The molecule has 0 bridgehead atoms. The normalized spacial score (nSPS) is 25.2. The van der Waals surface area contributed by atoms with Crippen LogP contribution in [0.1, 0.15) is 23.5 Å². The molecule has 0 aromatic heterocycles. The molecule has 0 saturated heterocycles. The average Bonchev–Trinajstić information content (AvgIpc) is 3.15. The van der Waals surface area contributed by atoms with Crippen molar-refractivity contribution in [3.8, 4) is 5.75 Å². The Labute approximate surface area is 169 Å². The lowest BCUT2D eigenvalue weighted by molar-refractivity contribution is -0.136. The van der Waals surface area contributed by atoms with Gasteiger partial charge in [-0.3, -0.25) is 9.10 Å². The summed E-state index contributed by atoms with van der Waals surface area (Å²) >= 11 is 0. The van der Waals surface area contributed by atoms with Crippen molar-refractivity contribution in [2.75, 3.05) is 17.1 Å². The van der Waals surface area contributed by atoms with Gasteiger partial charge in [-0.2, -0.15) is 0 Å². The van der Waals surface area contributed by atoms with Gasteiger partial charge in [0.2, 0.25) is 10.0 Å². The molecule has 0 spiro atoms. The number of carbonyl (C=O) groups is 1. The number of fused-ring (bicyclic) bond motifs is 3. The molecular weight excluding hydrogens is 394 g/mol. The maximum absolute atomic E-state index is 12.5. The van der Waals surface area contributed by atoms with Crippen molar-refractivity contribution >= 4 is 21.7 Å². The van der Waals surface area contributed by atoms with Crippen LogP contribution in [0.3, 0.4) is 0 Å². The Kier molecular flexibility index (Phi) is 5.00. The van der Waals surface area contributed by atoms with E-state index in [9.17, 15) is 18.3 Å². The number of benzene rings is 2. The van der Waals surface area contributed by atoms with Gasteiger partial charge in [0.25, 0.3) is 0 Å². The van der Waals surface area contributed by atoms with Gasteiger partial charge in [0.1, 0.15) is 11.9 Å². The van der Waals surface area contributed by atoms with Crippen LogP contribution in [-0.2, 0) is 21.2 Å². The van der Waals surface area contributed by atoms with Gasteiger partial charge in [-0.15, -0.1) is 0 Å². The van der Waals surface area contributed by atoms with Gasteiger partial charge in [0, 0.05) is 35.9 Å². The third-order valence-corrected chi connectivity index (χ3v) is 6.91.